The Morgan fingerprint density at radius 2 is 1.78 bits per heavy atom. The van der Waals surface area contributed by atoms with Gasteiger partial charge in [0, 0.05) is 6.54 Å². The van der Waals surface area contributed by atoms with Crippen LogP contribution in [0.1, 0.15) is 12.8 Å². The fourth-order valence-electron chi connectivity index (χ4n) is 2.29. The molecule has 0 aliphatic carbocycles. The summed E-state index contributed by atoms with van der Waals surface area (Å²) in [6.45, 7) is 3.60. The number of rotatable bonds is 6. The number of hydrogen-bond donors (Lipinski definition) is 1. The second-order valence-electron chi connectivity index (χ2n) is 4.62. The summed E-state index contributed by atoms with van der Waals surface area (Å²) >= 11 is 0. The van der Waals surface area contributed by atoms with Gasteiger partial charge in [0.2, 0.25) is 0 Å². The molecule has 1 fully saturated rings. The van der Waals surface area contributed by atoms with Gasteiger partial charge in [-0.2, -0.15) is 0 Å². The third-order valence-electron chi connectivity index (χ3n) is 3.43. The van der Waals surface area contributed by atoms with Crippen LogP contribution in [0.4, 0.5) is 0 Å². The smallest absolute Gasteiger partial charge is 0.119 e. The molecule has 18 heavy (non-hydrogen) atoms. The Hall–Kier alpha value is -1.26. The van der Waals surface area contributed by atoms with E-state index in [1.165, 1.54) is 12.8 Å². The van der Waals surface area contributed by atoms with Crippen LogP contribution < -0.4 is 15.2 Å². The number of likely N-dealkylation sites (tertiary alicyclic amines) is 1. The lowest BCUT2D eigenvalue weighted by molar-refractivity contribution is 0.164. The summed E-state index contributed by atoms with van der Waals surface area (Å²) in [5.41, 5.74) is 5.82. The quantitative estimate of drug-likeness (QED) is 0.831. The second kappa shape index (κ2) is 6.61. The molecule has 1 aliphatic rings. The van der Waals surface area contributed by atoms with Gasteiger partial charge >= 0.3 is 0 Å². The highest BCUT2D eigenvalue weighted by Gasteiger charge is 2.21. The topological polar surface area (TPSA) is 47.7 Å². The number of benzene rings is 1. The summed E-state index contributed by atoms with van der Waals surface area (Å²) in [6, 6.07) is 7.99. The molecule has 4 heteroatoms. The van der Waals surface area contributed by atoms with E-state index in [4.69, 9.17) is 15.2 Å². The van der Waals surface area contributed by atoms with Gasteiger partial charge in [0.15, 0.2) is 0 Å². The minimum atomic E-state index is 0.328. The minimum Gasteiger partial charge on any atom is -0.497 e. The third kappa shape index (κ3) is 3.37. The average Bonchev–Trinajstić information content (AvgIpc) is 2.94. The van der Waals surface area contributed by atoms with Gasteiger partial charge in [0.05, 0.1) is 13.2 Å². The van der Waals surface area contributed by atoms with Crippen LogP contribution in [0.25, 0.3) is 0 Å². The molecule has 1 aromatic carbocycles. The molecule has 1 unspecified atom stereocenters. The third-order valence-corrected chi connectivity index (χ3v) is 3.43. The van der Waals surface area contributed by atoms with Crippen LogP contribution >= 0.6 is 0 Å². The molecule has 0 amide bonds. The summed E-state index contributed by atoms with van der Waals surface area (Å²) < 4.78 is 10.9. The van der Waals surface area contributed by atoms with Crippen LogP contribution in [0.2, 0.25) is 0 Å². The molecule has 1 aromatic rings. The van der Waals surface area contributed by atoms with Crippen LogP contribution in [0.3, 0.4) is 0 Å². The van der Waals surface area contributed by atoms with Gasteiger partial charge in [-0.05, 0) is 50.2 Å². The monoisotopic (exact) mass is 250 g/mol. The van der Waals surface area contributed by atoms with Crippen molar-refractivity contribution in [1.82, 2.24) is 4.90 Å². The lowest BCUT2D eigenvalue weighted by Gasteiger charge is -2.26. The Labute approximate surface area is 109 Å². The van der Waals surface area contributed by atoms with Gasteiger partial charge in [-0.3, -0.25) is 4.90 Å². The van der Waals surface area contributed by atoms with Gasteiger partial charge in [-0.25, -0.2) is 0 Å². The highest BCUT2D eigenvalue weighted by molar-refractivity contribution is 5.31. The Morgan fingerprint density at radius 1 is 1.17 bits per heavy atom. The van der Waals surface area contributed by atoms with Crippen LogP contribution in [0, 0.1) is 0 Å². The SMILES string of the molecule is COc1ccc(OCC(CN)N2CCCC2)cc1. The van der Waals surface area contributed by atoms with E-state index < -0.39 is 0 Å². The van der Waals surface area contributed by atoms with Crippen molar-refractivity contribution in [3.63, 3.8) is 0 Å². The first-order valence-electron chi connectivity index (χ1n) is 6.54. The van der Waals surface area contributed by atoms with Crippen LogP contribution in [-0.4, -0.2) is 44.3 Å². The molecule has 0 aromatic heterocycles. The molecule has 1 aliphatic heterocycles. The molecule has 0 spiro atoms. The Morgan fingerprint density at radius 3 is 2.33 bits per heavy atom. The van der Waals surface area contributed by atoms with Gasteiger partial charge in [0.25, 0.3) is 0 Å². The molecule has 100 valence electrons. The maximum Gasteiger partial charge on any atom is 0.119 e. The molecule has 2 rings (SSSR count). The van der Waals surface area contributed by atoms with E-state index in [-0.39, 0.29) is 0 Å². The summed E-state index contributed by atoms with van der Waals surface area (Å²) in [4.78, 5) is 2.42. The van der Waals surface area contributed by atoms with Crippen molar-refractivity contribution in [2.45, 2.75) is 18.9 Å². The highest BCUT2D eigenvalue weighted by Crippen LogP contribution is 2.18. The van der Waals surface area contributed by atoms with E-state index in [0.29, 0.717) is 19.2 Å². The summed E-state index contributed by atoms with van der Waals surface area (Å²) in [7, 11) is 1.66. The number of hydrogen-bond acceptors (Lipinski definition) is 4. The molecular weight excluding hydrogens is 228 g/mol. The van der Waals surface area contributed by atoms with Gasteiger partial charge in [-0.15, -0.1) is 0 Å². The molecule has 0 radical (unpaired) electrons. The molecule has 0 saturated carbocycles. The zero-order chi connectivity index (χ0) is 12.8. The van der Waals surface area contributed by atoms with Crippen LogP contribution in [0.15, 0.2) is 24.3 Å². The standard InChI is InChI=1S/C14H22N2O2/c1-17-13-4-6-14(7-5-13)18-11-12(10-15)16-8-2-3-9-16/h4-7,12H,2-3,8-11,15H2,1H3. The molecule has 1 heterocycles. The van der Waals surface area contributed by atoms with Crippen molar-refractivity contribution in [2.75, 3.05) is 33.4 Å². The fraction of sp³-hybridized carbons (Fsp3) is 0.571. The number of nitrogens with two attached hydrogens (primary N) is 1. The van der Waals surface area contributed by atoms with Gasteiger partial charge in [0.1, 0.15) is 18.1 Å². The second-order valence-corrected chi connectivity index (χ2v) is 4.62. The predicted octanol–water partition coefficient (Wildman–Crippen LogP) is 1.50. The van der Waals surface area contributed by atoms with Crippen molar-refractivity contribution >= 4 is 0 Å². The number of nitrogens with zero attached hydrogens (tertiary/aromatic N) is 1. The van der Waals surface area contributed by atoms with Crippen molar-refractivity contribution in [1.29, 1.82) is 0 Å². The van der Waals surface area contributed by atoms with E-state index in [1.54, 1.807) is 7.11 Å². The first kappa shape index (κ1) is 13.2. The van der Waals surface area contributed by atoms with Gasteiger partial charge < -0.3 is 15.2 Å². The minimum absolute atomic E-state index is 0.328. The van der Waals surface area contributed by atoms with Crippen molar-refractivity contribution < 1.29 is 9.47 Å². The fourth-order valence-corrected chi connectivity index (χ4v) is 2.29. The molecule has 2 N–H and O–H groups in total. The molecular formula is C14H22N2O2. The predicted molar refractivity (Wildman–Crippen MR) is 72.1 cm³/mol. The molecule has 1 atom stereocenters. The molecule has 1 saturated heterocycles. The van der Waals surface area contributed by atoms with Crippen molar-refractivity contribution in [3.05, 3.63) is 24.3 Å². The van der Waals surface area contributed by atoms with Gasteiger partial charge in [-0.1, -0.05) is 0 Å². The van der Waals surface area contributed by atoms with E-state index in [9.17, 15) is 0 Å². The molecule has 0 bridgehead atoms. The summed E-state index contributed by atoms with van der Waals surface area (Å²) in [5.74, 6) is 1.71. The van der Waals surface area contributed by atoms with Crippen molar-refractivity contribution in [2.24, 2.45) is 5.73 Å². The summed E-state index contributed by atoms with van der Waals surface area (Å²) in [6.07, 6.45) is 2.55. The Kier molecular flexibility index (Phi) is 4.84. The first-order valence-corrected chi connectivity index (χ1v) is 6.54. The number of ether oxygens (including phenoxy) is 2. The van der Waals surface area contributed by atoms with E-state index in [2.05, 4.69) is 4.90 Å². The van der Waals surface area contributed by atoms with E-state index in [0.717, 1.165) is 24.6 Å². The van der Waals surface area contributed by atoms with E-state index >= 15 is 0 Å². The maximum atomic E-state index is 5.82. The number of methoxy groups -OCH3 is 1. The zero-order valence-corrected chi connectivity index (χ0v) is 11.0. The van der Waals surface area contributed by atoms with Crippen LogP contribution in [-0.2, 0) is 0 Å². The van der Waals surface area contributed by atoms with Crippen molar-refractivity contribution in [3.8, 4) is 11.5 Å². The lowest BCUT2D eigenvalue weighted by Crippen LogP contribution is -2.42. The normalized spacial score (nSPS) is 17.7. The lowest BCUT2D eigenvalue weighted by atomic mass is 10.2. The van der Waals surface area contributed by atoms with Crippen LogP contribution in [0.5, 0.6) is 11.5 Å². The Balaban J connectivity index is 1.84. The maximum absolute atomic E-state index is 5.82. The zero-order valence-electron chi connectivity index (χ0n) is 11.0. The Bertz CT molecular complexity index is 347. The van der Waals surface area contributed by atoms with E-state index in [1.807, 2.05) is 24.3 Å². The average molecular weight is 250 g/mol. The summed E-state index contributed by atoms with van der Waals surface area (Å²) in [5, 5.41) is 0. The highest BCUT2D eigenvalue weighted by atomic mass is 16.5. The largest absolute Gasteiger partial charge is 0.497 e. The molecule has 4 nitrogen and oxygen atoms in total. The first-order chi connectivity index (χ1) is 8.83.